The van der Waals surface area contributed by atoms with E-state index >= 15 is 0 Å². The van der Waals surface area contributed by atoms with E-state index in [9.17, 15) is 4.79 Å². The molecule has 0 amide bonds. The third-order valence-electron chi connectivity index (χ3n) is 3.00. The summed E-state index contributed by atoms with van der Waals surface area (Å²) in [4.78, 5) is 13.7. The zero-order valence-electron chi connectivity index (χ0n) is 10.8. The third kappa shape index (κ3) is 3.47. The van der Waals surface area contributed by atoms with Crippen molar-refractivity contribution in [2.24, 2.45) is 0 Å². The van der Waals surface area contributed by atoms with Gasteiger partial charge >= 0.3 is 5.97 Å². The van der Waals surface area contributed by atoms with Gasteiger partial charge in [-0.05, 0) is 30.7 Å². The summed E-state index contributed by atoms with van der Waals surface area (Å²) in [7, 11) is 0. The molecule has 0 unspecified atom stereocenters. The van der Waals surface area contributed by atoms with E-state index < -0.39 is 0 Å². The summed E-state index contributed by atoms with van der Waals surface area (Å²) < 4.78 is 5.23. The van der Waals surface area contributed by atoms with Gasteiger partial charge in [-0.25, -0.2) is 0 Å². The Hall–Kier alpha value is -1.55. The van der Waals surface area contributed by atoms with Gasteiger partial charge in [0, 0.05) is 38.3 Å². The minimum atomic E-state index is -0.160. The van der Waals surface area contributed by atoms with Crippen molar-refractivity contribution in [1.29, 1.82) is 0 Å². The fraction of sp³-hybridized carbons (Fsp3) is 0.500. The summed E-state index contributed by atoms with van der Waals surface area (Å²) in [6.45, 7) is 6.05. The summed E-state index contributed by atoms with van der Waals surface area (Å²) in [6.07, 6.45) is 1.29. The number of anilines is 1. The average molecular weight is 248 g/mol. The van der Waals surface area contributed by atoms with E-state index in [-0.39, 0.29) is 5.97 Å². The molecule has 1 aromatic rings. The molecule has 1 aliphatic rings. The van der Waals surface area contributed by atoms with Gasteiger partial charge in [0.15, 0.2) is 0 Å². The number of ether oxygens (including phenoxy) is 1. The molecule has 0 saturated carbocycles. The normalized spacial score (nSPS) is 15.5. The molecule has 0 aromatic heterocycles. The van der Waals surface area contributed by atoms with E-state index in [1.54, 1.807) is 0 Å². The van der Waals surface area contributed by atoms with Crippen LogP contribution in [0, 0.1) is 0 Å². The summed E-state index contributed by atoms with van der Waals surface area (Å²) in [6, 6.07) is 7.76. The molecule has 0 atom stereocenters. The molecular formula is C14H20N2O2. The number of carbonyl (C=O) groups is 1. The van der Waals surface area contributed by atoms with Crippen LogP contribution in [0.1, 0.15) is 19.8 Å². The topological polar surface area (TPSA) is 41.6 Å². The first-order chi connectivity index (χ1) is 8.79. The Morgan fingerprint density at radius 1 is 1.28 bits per heavy atom. The lowest BCUT2D eigenvalue weighted by molar-refractivity contribution is -0.134. The van der Waals surface area contributed by atoms with Crippen LogP contribution < -0.4 is 15.0 Å². The van der Waals surface area contributed by atoms with Crippen LogP contribution in [0.25, 0.3) is 0 Å². The van der Waals surface area contributed by atoms with E-state index in [4.69, 9.17) is 4.74 Å². The second-order valence-electron chi connectivity index (χ2n) is 4.46. The molecule has 0 spiro atoms. The van der Waals surface area contributed by atoms with E-state index in [0.717, 1.165) is 32.6 Å². The highest BCUT2D eigenvalue weighted by molar-refractivity contribution is 5.72. The highest BCUT2D eigenvalue weighted by Gasteiger charge is 2.10. The van der Waals surface area contributed by atoms with Crippen molar-refractivity contribution in [3.8, 4) is 5.75 Å². The van der Waals surface area contributed by atoms with Crippen LogP contribution in [0.3, 0.4) is 0 Å². The summed E-state index contributed by atoms with van der Waals surface area (Å²) in [5.74, 6) is 0.472. The molecular weight excluding hydrogens is 228 g/mol. The molecule has 0 radical (unpaired) electrons. The Morgan fingerprint density at radius 2 is 1.94 bits per heavy atom. The first-order valence-electron chi connectivity index (χ1n) is 6.56. The highest BCUT2D eigenvalue weighted by atomic mass is 16.5. The molecule has 98 valence electrons. The van der Waals surface area contributed by atoms with Crippen molar-refractivity contribution < 1.29 is 9.53 Å². The number of hydrogen-bond acceptors (Lipinski definition) is 4. The maximum Gasteiger partial charge on any atom is 0.311 e. The number of hydrogen-bond donors (Lipinski definition) is 1. The molecule has 1 fully saturated rings. The highest BCUT2D eigenvalue weighted by Crippen LogP contribution is 2.20. The largest absolute Gasteiger partial charge is 0.427 e. The number of benzene rings is 1. The van der Waals surface area contributed by atoms with E-state index in [1.807, 2.05) is 31.2 Å². The fourth-order valence-electron chi connectivity index (χ4n) is 2.03. The van der Waals surface area contributed by atoms with Crippen LogP contribution >= 0.6 is 0 Å². The summed E-state index contributed by atoms with van der Waals surface area (Å²) in [5, 5.41) is 3.32. The van der Waals surface area contributed by atoms with Crippen molar-refractivity contribution in [3.05, 3.63) is 24.3 Å². The average Bonchev–Trinajstić information content (AvgIpc) is 2.41. The van der Waals surface area contributed by atoms with Gasteiger partial charge in [0.2, 0.25) is 0 Å². The molecule has 4 nitrogen and oxygen atoms in total. The second-order valence-corrected chi connectivity index (χ2v) is 4.46. The maximum atomic E-state index is 11.4. The number of nitrogens with zero attached hydrogens (tertiary/aromatic N) is 1. The summed E-state index contributed by atoms with van der Waals surface area (Å²) >= 11 is 0. The maximum absolute atomic E-state index is 11.4. The minimum Gasteiger partial charge on any atom is -0.427 e. The smallest absolute Gasteiger partial charge is 0.311 e. The standard InChI is InChI=1S/C14H20N2O2/c1-2-3-14(17)18-13-6-4-12(5-7-13)16-10-8-15-9-11-16/h4-7,15H,2-3,8-11H2,1H3. The molecule has 0 aliphatic carbocycles. The Labute approximate surface area is 108 Å². The Bertz CT molecular complexity index is 383. The van der Waals surface area contributed by atoms with Gasteiger partial charge in [0.05, 0.1) is 0 Å². The van der Waals surface area contributed by atoms with Crippen molar-refractivity contribution in [3.63, 3.8) is 0 Å². The zero-order valence-corrected chi connectivity index (χ0v) is 10.8. The van der Waals surface area contributed by atoms with E-state index in [2.05, 4.69) is 10.2 Å². The quantitative estimate of drug-likeness (QED) is 0.651. The first-order valence-corrected chi connectivity index (χ1v) is 6.56. The monoisotopic (exact) mass is 248 g/mol. The van der Waals surface area contributed by atoms with Crippen LogP contribution in [-0.2, 0) is 4.79 Å². The minimum absolute atomic E-state index is 0.160. The van der Waals surface area contributed by atoms with Gasteiger partial charge in [-0.15, -0.1) is 0 Å². The summed E-state index contributed by atoms with van der Waals surface area (Å²) in [5.41, 5.74) is 1.19. The van der Waals surface area contributed by atoms with Gasteiger partial charge < -0.3 is 15.0 Å². The van der Waals surface area contributed by atoms with Gasteiger partial charge in [0.25, 0.3) is 0 Å². The number of esters is 1. The molecule has 1 aromatic carbocycles. The SMILES string of the molecule is CCCC(=O)Oc1ccc(N2CCNCC2)cc1. The van der Waals surface area contributed by atoms with Gasteiger partial charge in [0.1, 0.15) is 5.75 Å². The van der Waals surface area contributed by atoms with Crippen LogP contribution in [0.4, 0.5) is 5.69 Å². The number of rotatable bonds is 4. The molecule has 1 heterocycles. The number of piperazine rings is 1. The lowest BCUT2D eigenvalue weighted by atomic mass is 10.2. The molecule has 4 heteroatoms. The van der Waals surface area contributed by atoms with Crippen LogP contribution in [-0.4, -0.2) is 32.1 Å². The molecule has 1 saturated heterocycles. The van der Waals surface area contributed by atoms with Gasteiger partial charge in [-0.1, -0.05) is 6.92 Å². The van der Waals surface area contributed by atoms with Gasteiger partial charge in [-0.3, -0.25) is 4.79 Å². The molecule has 2 rings (SSSR count). The Morgan fingerprint density at radius 3 is 2.56 bits per heavy atom. The van der Waals surface area contributed by atoms with Crippen LogP contribution in [0.15, 0.2) is 24.3 Å². The predicted molar refractivity (Wildman–Crippen MR) is 72.1 cm³/mol. The fourth-order valence-corrected chi connectivity index (χ4v) is 2.03. The molecule has 0 bridgehead atoms. The predicted octanol–water partition coefficient (Wildman–Crippen LogP) is 1.80. The first kappa shape index (κ1) is 12.9. The molecule has 18 heavy (non-hydrogen) atoms. The number of nitrogens with one attached hydrogen (secondary N) is 1. The van der Waals surface area contributed by atoms with E-state index in [0.29, 0.717) is 12.2 Å². The van der Waals surface area contributed by atoms with Crippen LogP contribution in [0.5, 0.6) is 5.75 Å². The van der Waals surface area contributed by atoms with Crippen LogP contribution in [0.2, 0.25) is 0 Å². The van der Waals surface area contributed by atoms with Crippen molar-refractivity contribution in [1.82, 2.24) is 5.32 Å². The van der Waals surface area contributed by atoms with E-state index in [1.165, 1.54) is 5.69 Å². The second kappa shape index (κ2) is 6.40. The molecule has 1 aliphatic heterocycles. The number of carbonyl (C=O) groups excluding carboxylic acids is 1. The lowest BCUT2D eigenvalue weighted by Crippen LogP contribution is -2.43. The zero-order chi connectivity index (χ0) is 12.8. The Kier molecular flexibility index (Phi) is 4.59. The van der Waals surface area contributed by atoms with Crippen molar-refractivity contribution in [2.75, 3.05) is 31.1 Å². The third-order valence-corrected chi connectivity index (χ3v) is 3.00. The van der Waals surface area contributed by atoms with Gasteiger partial charge in [-0.2, -0.15) is 0 Å². The Balaban J connectivity index is 1.94. The lowest BCUT2D eigenvalue weighted by Gasteiger charge is -2.29. The molecule has 1 N–H and O–H groups in total. The van der Waals surface area contributed by atoms with Crippen molar-refractivity contribution in [2.45, 2.75) is 19.8 Å². The van der Waals surface area contributed by atoms with Crippen molar-refractivity contribution >= 4 is 11.7 Å².